The second kappa shape index (κ2) is 8.85. The van der Waals surface area contributed by atoms with Crippen LogP contribution >= 0.6 is 11.3 Å². The molecule has 1 rings (SSSR count). The molecule has 19 heavy (non-hydrogen) atoms. The number of rotatable bonds is 9. The molecule has 0 aromatic carbocycles. The van der Waals surface area contributed by atoms with E-state index in [2.05, 4.69) is 11.8 Å². The van der Waals surface area contributed by atoms with Crippen molar-refractivity contribution in [3.8, 4) is 0 Å². The third kappa shape index (κ3) is 6.52. The van der Waals surface area contributed by atoms with Crippen LogP contribution in [0.1, 0.15) is 29.5 Å². The normalized spacial score (nSPS) is 11.5. The van der Waals surface area contributed by atoms with E-state index in [9.17, 15) is 4.79 Å². The number of hydrogen-bond acceptors (Lipinski definition) is 4. The van der Waals surface area contributed by atoms with Crippen LogP contribution in [0.3, 0.4) is 0 Å². The Balaban J connectivity index is 2.56. The molecular formula is C14H21NO3S. The van der Waals surface area contributed by atoms with Crippen molar-refractivity contribution in [3.05, 3.63) is 28.0 Å². The Labute approximate surface area is 118 Å². The number of unbranched alkanes of at least 4 members (excludes halogenated alkanes) is 1. The third-order valence-corrected chi connectivity index (χ3v) is 3.73. The summed E-state index contributed by atoms with van der Waals surface area (Å²) in [5.74, 6) is -0.931. The summed E-state index contributed by atoms with van der Waals surface area (Å²) in [6, 6.07) is 3.94. The first kappa shape index (κ1) is 15.9. The van der Waals surface area contributed by atoms with Crippen molar-refractivity contribution in [1.82, 2.24) is 4.90 Å². The summed E-state index contributed by atoms with van der Waals surface area (Å²) in [4.78, 5) is 14.8. The molecule has 0 atom stereocenters. The average Bonchev–Trinajstić information content (AvgIpc) is 2.81. The van der Waals surface area contributed by atoms with Crippen LogP contribution in [0.15, 0.2) is 18.2 Å². The summed E-state index contributed by atoms with van der Waals surface area (Å²) in [6.45, 7) is 4.79. The highest BCUT2D eigenvalue weighted by Gasteiger charge is 2.06. The number of carbonyl (C=O) groups is 1. The van der Waals surface area contributed by atoms with E-state index in [1.54, 1.807) is 17.4 Å². The minimum absolute atomic E-state index is 0.168. The maximum absolute atomic E-state index is 10.4. The molecule has 0 spiro atoms. The molecule has 0 aliphatic carbocycles. The van der Waals surface area contributed by atoms with Crippen LogP contribution in [0, 0.1) is 0 Å². The smallest absolute Gasteiger partial charge is 0.328 e. The minimum Gasteiger partial charge on any atom is -0.478 e. The monoisotopic (exact) mass is 283 g/mol. The number of thiophene rings is 1. The molecule has 0 aliphatic rings. The lowest BCUT2D eigenvalue weighted by atomic mass is 10.3. The maximum Gasteiger partial charge on any atom is 0.328 e. The number of nitrogens with zero attached hydrogens (tertiary/aromatic N) is 1. The number of carboxylic acids is 1. The number of aliphatic hydroxyl groups is 1. The first-order chi connectivity index (χ1) is 9.15. The molecule has 106 valence electrons. The lowest BCUT2D eigenvalue weighted by Crippen LogP contribution is -2.27. The standard InChI is InChI=1S/C14H21NO3S/c1-2-3-8-15(9-10-16)11-13-5-4-12(19-13)6-7-14(17)18/h4-7,16H,2-3,8-11H2,1H3,(H,17,18)/b7-6+. The number of aliphatic carboxylic acids is 1. The highest BCUT2D eigenvalue weighted by atomic mass is 32.1. The lowest BCUT2D eigenvalue weighted by Gasteiger charge is -2.19. The Bertz CT molecular complexity index is 415. The van der Waals surface area contributed by atoms with E-state index in [1.807, 2.05) is 12.1 Å². The minimum atomic E-state index is -0.931. The molecule has 1 heterocycles. The molecule has 2 N–H and O–H groups in total. The van der Waals surface area contributed by atoms with E-state index >= 15 is 0 Å². The number of aliphatic hydroxyl groups excluding tert-OH is 1. The van der Waals surface area contributed by atoms with Gasteiger partial charge in [-0.15, -0.1) is 11.3 Å². The summed E-state index contributed by atoms with van der Waals surface area (Å²) in [5.41, 5.74) is 0. The molecule has 0 radical (unpaired) electrons. The Morgan fingerprint density at radius 1 is 1.42 bits per heavy atom. The molecule has 0 saturated carbocycles. The Kier molecular flexibility index (Phi) is 7.40. The van der Waals surface area contributed by atoms with Gasteiger partial charge in [-0.25, -0.2) is 4.79 Å². The largest absolute Gasteiger partial charge is 0.478 e. The van der Waals surface area contributed by atoms with Gasteiger partial charge in [-0.2, -0.15) is 0 Å². The third-order valence-electron chi connectivity index (χ3n) is 2.70. The van der Waals surface area contributed by atoms with Crippen LogP contribution < -0.4 is 0 Å². The number of hydrogen-bond donors (Lipinski definition) is 2. The highest BCUT2D eigenvalue weighted by Crippen LogP contribution is 2.19. The van der Waals surface area contributed by atoms with Crippen molar-refractivity contribution < 1.29 is 15.0 Å². The summed E-state index contributed by atoms with van der Waals surface area (Å²) >= 11 is 1.59. The van der Waals surface area contributed by atoms with Crippen LogP contribution in [-0.4, -0.2) is 40.8 Å². The van der Waals surface area contributed by atoms with Gasteiger partial charge in [0.2, 0.25) is 0 Å². The first-order valence-corrected chi connectivity index (χ1v) is 7.30. The second-order valence-corrected chi connectivity index (χ2v) is 5.53. The van der Waals surface area contributed by atoms with Gasteiger partial charge in [0.15, 0.2) is 0 Å². The van der Waals surface area contributed by atoms with E-state index in [-0.39, 0.29) is 6.61 Å². The molecule has 1 aromatic rings. The molecule has 1 aromatic heterocycles. The highest BCUT2D eigenvalue weighted by molar-refractivity contribution is 7.12. The summed E-state index contributed by atoms with van der Waals surface area (Å²) in [7, 11) is 0. The van der Waals surface area contributed by atoms with Crippen molar-refractivity contribution in [2.75, 3.05) is 19.7 Å². The fourth-order valence-electron chi connectivity index (χ4n) is 1.74. The lowest BCUT2D eigenvalue weighted by molar-refractivity contribution is -0.131. The fraction of sp³-hybridized carbons (Fsp3) is 0.500. The molecule has 0 saturated heterocycles. The predicted molar refractivity (Wildman–Crippen MR) is 78.3 cm³/mol. The molecule has 0 aliphatic heterocycles. The van der Waals surface area contributed by atoms with Gasteiger partial charge in [-0.05, 0) is 31.2 Å². The predicted octanol–water partition coefficient (Wildman–Crippen LogP) is 2.44. The van der Waals surface area contributed by atoms with Crippen LogP contribution in [0.25, 0.3) is 6.08 Å². The molecule has 0 unspecified atom stereocenters. The summed E-state index contributed by atoms with van der Waals surface area (Å²) < 4.78 is 0. The zero-order valence-electron chi connectivity index (χ0n) is 11.2. The van der Waals surface area contributed by atoms with Crippen molar-refractivity contribution in [2.45, 2.75) is 26.3 Å². The first-order valence-electron chi connectivity index (χ1n) is 6.48. The number of carboxylic acid groups (broad SMARTS) is 1. The fourth-order valence-corrected chi connectivity index (χ4v) is 2.69. The molecule has 4 nitrogen and oxygen atoms in total. The van der Waals surface area contributed by atoms with E-state index in [4.69, 9.17) is 10.2 Å². The van der Waals surface area contributed by atoms with Gasteiger partial charge < -0.3 is 10.2 Å². The topological polar surface area (TPSA) is 60.8 Å². The Morgan fingerprint density at radius 3 is 2.84 bits per heavy atom. The molecular weight excluding hydrogens is 262 g/mol. The quantitative estimate of drug-likeness (QED) is 0.683. The van der Waals surface area contributed by atoms with Crippen molar-refractivity contribution in [3.63, 3.8) is 0 Å². The van der Waals surface area contributed by atoms with Crippen molar-refractivity contribution >= 4 is 23.4 Å². The molecule has 5 heteroatoms. The van der Waals surface area contributed by atoms with Crippen LogP contribution in [0.4, 0.5) is 0 Å². The molecule has 0 bridgehead atoms. The van der Waals surface area contributed by atoms with Gasteiger partial charge in [0.05, 0.1) is 6.61 Å². The maximum atomic E-state index is 10.4. The second-order valence-electron chi connectivity index (χ2n) is 4.33. The van der Waals surface area contributed by atoms with E-state index in [0.717, 1.165) is 36.9 Å². The van der Waals surface area contributed by atoms with Gasteiger partial charge >= 0.3 is 5.97 Å². The zero-order chi connectivity index (χ0) is 14.1. The van der Waals surface area contributed by atoms with Gasteiger partial charge in [0.25, 0.3) is 0 Å². The summed E-state index contributed by atoms with van der Waals surface area (Å²) in [6.07, 6.45) is 5.02. The van der Waals surface area contributed by atoms with Gasteiger partial charge in [0.1, 0.15) is 0 Å². The molecule has 0 fully saturated rings. The van der Waals surface area contributed by atoms with Gasteiger partial charge in [-0.3, -0.25) is 4.90 Å². The molecule has 0 amide bonds. The Morgan fingerprint density at radius 2 is 2.21 bits per heavy atom. The summed E-state index contributed by atoms with van der Waals surface area (Å²) in [5, 5.41) is 17.6. The Hall–Kier alpha value is -1.17. The average molecular weight is 283 g/mol. The van der Waals surface area contributed by atoms with Crippen LogP contribution in [0.5, 0.6) is 0 Å². The zero-order valence-corrected chi connectivity index (χ0v) is 12.0. The van der Waals surface area contributed by atoms with Crippen LogP contribution in [0.2, 0.25) is 0 Å². The van der Waals surface area contributed by atoms with Crippen molar-refractivity contribution in [1.29, 1.82) is 0 Å². The van der Waals surface area contributed by atoms with Gasteiger partial charge in [-0.1, -0.05) is 13.3 Å². The SMILES string of the molecule is CCCCN(CCO)Cc1ccc(/C=C/C(=O)O)s1. The van der Waals surface area contributed by atoms with E-state index in [1.165, 1.54) is 4.88 Å². The van der Waals surface area contributed by atoms with E-state index in [0.29, 0.717) is 6.54 Å². The van der Waals surface area contributed by atoms with Gasteiger partial charge in [0, 0.05) is 28.9 Å². The van der Waals surface area contributed by atoms with Crippen molar-refractivity contribution in [2.24, 2.45) is 0 Å². The van der Waals surface area contributed by atoms with E-state index < -0.39 is 5.97 Å². The van der Waals surface area contributed by atoms with Crippen LogP contribution in [-0.2, 0) is 11.3 Å².